The Morgan fingerprint density at radius 1 is 1.47 bits per heavy atom. The van der Waals surface area contributed by atoms with Crippen LogP contribution in [0.1, 0.15) is 58.1 Å². The number of hydrogen-bond donors (Lipinski definition) is 1. The van der Waals surface area contributed by atoms with E-state index in [4.69, 9.17) is 4.74 Å². The molecule has 1 aliphatic heterocycles. The summed E-state index contributed by atoms with van der Waals surface area (Å²) in [7, 11) is 0. The number of fused-ring (bicyclic) bond motifs is 1. The van der Waals surface area contributed by atoms with Crippen LogP contribution in [0.15, 0.2) is 22.7 Å². The summed E-state index contributed by atoms with van der Waals surface area (Å²) in [6.07, 6.45) is 3.35. The Bertz CT molecular complexity index is 446. The van der Waals surface area contributed by atoms with E-state index in [0.717, 1.165) is 35.0 Å². The quantitative estimate of drug-likeness (QED) is 0.856. The first-order valence-corrected chi connectivity index (χ1v) is 7.95. The predicted molar refractivity (Wildman–Crippen MR) is 81.4 cm³/mol. The van der Waals surface area contributed by atoms with Gasteiger partial charge in [0.05, 0.1) is 6.10 Å². The van der Waals surface area contributed by atoms with Crippen LogP contribution < -0.4 is 4.74 Å². The van der Waals surface area contributed by atoms with Gasteiger partial charge < -0.3 is 9.84 Å². The van der Waals surface area contributed by atoms with Gasteiger partial charge in [0.1, 0.15) is 11.4 Å². The third-order valence-corrected chi connectivity index (χ3v) is 4.78. The average molecular weight is 327 g/mol. The van der Waals surface area contributed by atoms with Crippen LogP contribution in [0.5, 0.6) is 5.75 Å². The maximum absolute atomic E-state index is 10.4. The maximum Gasteiger partial charge on any atom is 0.126 e. The summed E-state index contributed by atoms with van der Waals surface area (Å²) >= 11 is 3.45. The number of aliphatic hydroxyl groups excluding tert-OH is 1. The SMILES string of the molecule is CCC(C)CC1(CC)C[C@H](O)c2cc(Br)ccc2O1. The standard InChI is InChI=1S/C16H23BrO2/c1-4-11(3)9-16(5-2)10-14(18)13-8-12(17)6-7-15(13)19-16/h6-8,11,14,18H,4-5,9-10H2,1-3H3/t11?,14-,16?/m0/s1. The van der Waals surface area contributed by atoms with Crippen LogP contribution in [0.3, 0.4) is 0 Å². The van der Waals surface area contributed by atoms with Gasteiger partial charge in [-0.15, -0.1) is 0 Å². The minimum Gasteiger partial charge on any atom is -0.487 e. The molecule has 0 fully saturated rings. The van der Waals surface area contributed by atoms with Gasteiger partial charge in [0, 0.05) is 16.5 Å². The van der Waals surface area contributed by atoms with Crippen LogP contribution in [0.4, 0.5) is 0 Å². The van der Waals surface area contributed by atoms with Crippen molar-refractivity contribution < 1.29 is 9.84 Å². The van der Waals surface area contributed by atoms with Gasteiger partial charge in [0.25, 0.3) is 0 Å². The van der Waals surface area contributed by atoms with Gasteiger partial charge in [0.15, 0.2) is 0 Å². The van der Waals surface area contributed by atoms with E-state index in [1.807, 2.05) is 18.2 Å². The summed E-state index contributed by atoms with van der Waals surface area (Å²) in [5, 5.41) is 10.4. The summed E-state index contributed by atoms with van der Waals surface area (Å²) in [6, 6.07) is 5.90. The summed E-state index contributed by atoms with van der Waals surface area (Å²) in [5.41, 5.74) is 0.693. The van der Waals surface area contributed by atoms with Crippen molar-refractivity contribution in [2.24, 2.45) is 5.92 Å². The largest absolute Gasteiger partial charge is 0.487 e. The smallest absolute Gasteiger partial charge is 0.126 e. The number of rotatable bonds is 4. The molecule has 0 aliphatic carbocycles. The van der Waals surface area contributed by atoms with Crippen LogP contribution in [0.2, 0.25) is 0 Å². The molecule has 0 saturated heterocycles. The normalized spacial score (nSPS) is 27.5. The van der Waals surface area contributed by atoms with Crippen LogP contribution in [0.25, 0.3) is 0 Å². The molecular formula is C16H23BrO2. The molecule has 1 aromatic carbocycles. The van der Waals surface area contributed by atoms with Crippen molar-refractivity contribution in [2.75, 3.05) is 0 Å². The summed E-state index contributed by atoms with van der Waals surface area (Å²) in [5.74, 6) is 1.45. The molecule has 0 saturated carbocycles. The van der Waals surface area contributed by atoms with Crippen LogP contribution in [-0.2, 0) is 0 Å². The minimum atomic E-state index is -0.426. The van der Waals surface area contributed by atoms with Gasteiger partial charge in [-0.05, 0) is 37.0 Å². The molecule has 0 aromatic heterocycles. The zero-order valence-electron chi connectivity index (χ0n) is 11.9. The Morgan fingerprint density at radius 3 is 2.84 bits per heavy atom. The molecule has 2 rings (SSSR count). The Balaban J connectivity index is 2.29. The van der Waals surface area contributed by atoms with Gasteiger partial charge in [-0.25, -0.2) is 0 Å². The zero-order chi connectivity index (χ0) is 14.0. The molecule has 3 heteroatoms. The molecule has 106 valence electrons. The molecule has 0 bridgehead atoms. The molecule has 2 nitrogen and oxygen atoms in total. The zero-order valence-corrected chi connectivity index (χ0v) is 13.5. The molecule has 1 N–H and O–H groups in total. The van der Waals surface area contributed by atoms with E-state index in [1.165, 1.54) is 0 Å². The third kappa shape index (κ3) is 3.14. The molecular weight excluding hydrogens is 304 g/mol. The van der Waals surface area contributed by atoms with E-state index in [9.17, 15) is 5.11 Å². The topological polar surface area (TPSA) is 29.5 Å². The highest BCUT2D eigenvalue weighted by Gasteiger charge is 2.39. The van der Waals surface area contributed by atoms with E-state index in [0.29, 0.717) is 12.3 Å². The van der Waals surface area contributed by atoms with Crippen molar-refractivity contribution in [2.45, 2.75) is 58.2 Å². The van der Waals surface area contributed by atoms with Gasteiger partial charge >= 0.3 is 0 Å². The van der Waals surface area contributed by atoms with E-state index >= 15 is 0 Å². The van der Waals surface area contributed by atoms with Crippen LogP contribution >= 0.6 is 15.9 Å². The molecule has 1 heterocycles. The highest BCUT2D eigenvalue weighted by Crippen LogP contribution is 2.44. The molecule has 19 heavy (non-hydrogen) atoms. The van der Waals surface area contributed by atoms with Gasteiger partial charge in [-0.1, -0.05) is 43.1 Å². The van der Waals surface area contributed by atoms with Crippen molar-refractivity contribution in [3.63, 3.8) is 0 Å². The Morgan fingerprint density at radius 2 is 2.21 bits per heavy atom. The molecule has 0 radical (unpaired) electrons. The molecule has 0 amide bonds. The fourth-order valence-electron chi connectivity index (χ4n) is 2.88. The second-order valence-corrected chi connectivity index (χ2v) is 6.67. The van der Waals surface area contributed by atoms with Gasteiger partial charge in [-0.2, -0.15) is 0 Å². The summed E-state index contributed by atoms with van der Waals surface area (Å²) in [4.78, 5) is 0. The average Bonchev–Trinajstić information content (AvgIpc) is 2.39. The molecule has 1 aromatic rings. The maximum atomic E-state index is 10.4. The summed E-state index contributed by atoms with van der Waals surface area (Å²) in [6.45, 7) is 6.61. The van der Waals surface area contributed by atoms with E-state index < -0.39 is 6.10 Å². The van der Waals surface area contributed by atoms with E-state index in [2.05, 4.69) is 36.7 Å². The van der Waals surface area contributed by atoms with Gasteiger partial charge in [-0.3, -0.25) is 0 Å². The first-order valence-electron chi connectivity index (χ1n) is 7.16. The van der Waals surface area contributed by atoms with E-state index in [1.54, 1.807) is 0 Å². The highest BCUT2D eigenvalue weighted by molar-refractivity contribution is 9.10. The summed E-state index contributed by atoms with van der Waals surface area (Å²) < 4.78 is 7.27. The van der Waals surface area contributed by atoms with Crippen molar-refractivity contribution in [3.05, 3.63) is 28.2 Å². The third-order valence-electron chi connectivity index (χ3n) is 4.28. The van der Waals surface area contributed by atoms with Crippen molar-refractivity contribution in [3.8, 4) is 5.75 Å². The molecule has 0 spiro atoms. The fourth-order valence-corrected chi connectivity index (χ4v) is 3.25. The highest BCUT2D eigenvalue weighted by atomic mass is 79.9. The monoisotopic (exact) mass is 326 g/mol. The molecule has 3 atom stereocenters. The first-order chi connectivity index (χ1) is 8.99. The van der Waals surface area contributed by atoms with Crippen molar-refractivity contribution in [1.82, 2.24) is 0 Å². The lowest BCUT2D eigenvalue weighted by Gasteiger charge is -2.42. The number of aliphatic hydroxyl groups is 1. The Labute approximate surface area is 124 Å². The number of benzene rings is 1. The van der Waals surface area contributed by atoms with Crippen molar-refractivity contribution in [1.29, 1.82) is 0 Å². The number of ether oxygens (including phenoxy) is 1. The lowest BCUT2D eigenvalue weighted by Crippen LogP contribution is -2.42. The second kappa shape index (κ2) is 5.84. The minimum absolute atomic E-state index is 0.213. The molecule has 2 unspecified atom stereocenters. The lowest BCUT2D eigenvalue weighted by atomic mass is 9.80. The Kier molecular flexibility index (Phi) is 4.57. The number of hydrogen-bond acceptors (Lipinski definition) is 2. The van der Waals surface area contributed by atoms with Crippen LogP contribution in [-0.4, -0.2) is 10.7 Å². The lowest BCUT2D eigenvalue weighted by molar-refractivity contribution is -0.0319. The number of halogens is 1. The first kappa shape index (κ1) is 14.9. The van der Waals surface area contributed by atoms with Gasteiger partial charge in [0.2, 0.25) is 0 Å². The van der Waals surface area contributed by atoms with Crippen LogP contribution in [0, 0.1) is 5.92 Å². The van der Waals surface area contributed by atoms with Crippen molar-refractivity contribution >= 4 is 15.9 Å². The predicted octanol–water partition coefficient (Wildman–Crippen LogP) is 4.85. The Hall–Kier alpha value is -0.540. The fraction of sp³-hybridized carbons (Fsp3) is 0.625. The van der Waals surface area contributed by atoms with E-state index in [-0.39, 0.29) is 5.60 Å². The second-order valence-electron chi connectivity index (χ2n) is 5.76. The molecule has 1 aliphatic rings.